The van der Waals surface area contributed by atoms with Gasteiger partial charge in [0, 0.05) is 10.4 Å². The number of hydrogen-bond acceptors (Lipinski definition) is 3. The number of aryl methyl sites for hydroxylation is 1. The van der Waals surface area contributed by atoms with Crippen molar-refractivity contribution >= 4 is 34.7 Å². The lowest BCUT2D eigenvalue weighted by Crippen LogP contribution is -2.18. The number of nitrogens with zero attached hydrogens (tertiary/aromatic N) is 1. The second kappa shape index (κ2) is 9.88. The maximum Gasteiger partial charge on any atom is 0.0843 e. The molecule has 2 N–H and O–H groups in total. The van der Waals surface area contributed by atoms with E-state index in [9.17, 15) is 10.2 Å². The second-order valence-electron chi connectivity index (χ2n) is 8.81. The molecule has 0 unspecified atom stereocenters. The predicted molar refractivity (Wildman–Crippen MR) is 137 cm³/mol. The average molecular weight is 458 g/mol. The summed E-state index contributed by atoms with van der Waals surface area (Å²) in [6, 6.07) is 25.4. The third kappa shape index (κ3) is 5.69. The van der Waals surface area contributed by atoms with Crippen molar-refractivity contribution in [3.8, 4) is 0 Å². The zero-order chi connectivity index (χ0) is 23.4. The summed E-state index contributed by atoms with van der Waals surface area (Å²) in [6.45, 7) is 3.58. The van der Waals surface area contributed by atoms with Gasteiger partial charge in [0.2, 0.25) is 0 Å². The lowest BCUT2D eigenvalue weighted by Gasteiger charge is -2.22. The molecule has 3 nitrogen and oxygen atoms in total. The van der Waals surface area contributed by atoms with Gasteiger partial charge in [-0.05, 0) is 73.2 Å². The van der Waals surface area contributed by atoms with Gasteiger partial charge in [-0.15, -0.1) is 0 Å². The van der Waals surface area contributed by atoms with E-state index in [1.165, 1.54) is 0 Å². The quantitative estimate of drug-likeness (QED) is 0.315. The van der Waals surface area contributed by atoms with Crippen molar-refractivity contribution in [2.24, 2.45) is 0 Å². The minimum Gasteiger partial charge on any atom is -0.388 e. The van der Waals surface area contributed by atoms with E-state index in [0.29, 0.717) is 17.9 Å². The van der Waals surface area contributed by atoms with Crippen molar-refractivity contribution < 1.29 is 10.2 Å². The molecule has 4 heteroatoms. The van der Waals surface area contributed by atoms with E-state index in [2.05, 4.69) is 4.98 Å². The Labute approximate surface area is 200 Å². The maximum atomic E-state index is 11.0. The highest BCUT2D eigenvalue weighted by Gasteiger charge is 2.20. The maximum absolute atomic E-state index is 11.0. The van der Waals surface area contributed by atoms with Crippen LogP contribution >= 0.6 is 11.6 Å². The van der Waals surface area contributed by atoms with Crippen molar-refractivity contribution in [3.63, 3.8) is 0 Å². The van der Waals surface area contributed by atoms with Gasteiger partial charge in [0.1, 0.15) is 0 Å². The smallest absolute Gasteiger partial charge is 0.0843 e. The summed E-state index contributed by atoms with van der Waals surface area (Å²) in [4.78, 5) is 4.68. The summed E-state index contributed by atoms with van der Waals surface area (Å²) in [5, 5.41) is 23.2. The van der Waals surface area contributed by atoms with Gasteiger partial charge < -0.3 is 10.2 Å². The summed E-state index contributed by atoms with van der Waals surface area (Å²) < 4.78 is 0. The third-order valence-corrected chi connectivity index (χ3v) is 6.06. The molecule has 4 aromatic rings. The van der Waals surface area contributed by atoms with E-state index in [4.69, 9.17) is 11.6 Å². The molecule has 1 atom stereocenters. The topological polar surface area (TPSA) is 53.4 Å². The largest absolute Gasteiger partial charge is 0.388 e. The first-order chi connectivity index (χ1) is 15.8. The van der Waals surface area contributed by atoms with E-state index >= 15 is 0 Å². The Hall–Kier alpha value is -2.98. The Morgan fingerprint density at radius 3 is 2.48 bits per heavy atom. The van der Waals surface area contributed by atoms with E-state index in [1.54, 1.807) is 13.8 Å². The second-order valence-corrected chi connectivity index (χ2v) is 9.24. The Bertz CT molecular complexity index is 1290. The molecule has 1 heterocycles. The van der Waals surface area contributed by atoms with Crippen LogP contribution in [0.3, 0.4) is 0 Å². The van der Waals surface area contributed by atoms with Crippen LogP contribution in [-0.4, -0.2) is 15.2 Å². The molecule has 0 saturated carbocycles. The Balaban J connectivity index is 1.53. The van der Waals surface area contributed by atoms with Crippen molar-refractivity contribution in [3.05, 3.63) is 112 Å². The number of rotatable bonds is 7. The fraction of sp³-hybridized carbons (Fsp3) is 0.207. The average Bonchev–Trinajstić information content (AvgIpc) is 2.80. The molecule has 3 aromatic carbocycles. The molecule has 0 spiro atoms. The van der Waals surface area contributed by atoms with Crippen LogP contribution < -0.4 is 0 Å². The Morgan fingerprint density at radius 2 is 1.67 bits per heavy atom. The Morgan fingerprint density at radius 1 is 0.939 bits per heavy atom. The molecular weight excluding hydrogens is 430 g/mol. The molecule has 0 aliphatic rings. The van der Waals surface area contributed by atoms with Gasteiger partial charge in [0.15, 0.2) is 0 Å². The Kier molecular flexibility index (Phi) is 6.94. The van der Waals surface area contributed by atoms with Gasteiger partial charge in [-0.1, -0.05) is 78.3 Å². The SMILES string of the molecule is CC(C)(O)c1ccccc1CC[C@@H](O)c1ccccc1/C=C\c1ccc2ccc(Cl)cc2n1. The lowest BCUT2D eigenvalue weighted by molar-refractivity contribution is 0.0772. The number of fused-ring (bicyclic) bond motifs is 1. The molecule has 1 aromatic heterocycles. The summed E-state index contributed by atoms with van der Waals surface area (Å²) in [6.07, 6.45) is 4.55. The van der Waals surface area contributed by atoms with Crippen LogP contribution in [0.5, 0.6) is 0 Å². The first-order valence-corrected chi connectivity index (χ1v) is 11.5. The van der Waals surface area contributed by atoms with Gasteiger partial charge in [-0.25, -0.2) is 4.98 Å². The van der Waals surface area contributed by atoms with Crippen molar-refractivity contribution in [1.29, 1.82) is 0 Å². The van der Waals surface area contributed by atoms with Crippen LogP contribution in [0, 0.1) is 0 Å². The summed E-state index contributed by atoms with van der Waals surface area (Å²) in [7, 11) is 0. The lowest BCUT2D eigenvalue weighted by atomic mass is 9.89. The highest BCUT2D eigenvalue weighted by molar-refractivity contribution is 6.31. The van der Waals surface area contributed by atoms with Gasteiger partial charge in [-0.2, -0.15) is 0 Å². The van der Waals surface area contributed by atoms with Crippen molar-refractivity contribution in [2.45, 2.75) is 38.4 Å². The fourth-order valence-electron chi connectivity index (χ4n) is 4.12. The number of hydrogen-bond donors (Lipinski definition) is 2. The zero-order valence-electron chi connectivity index (χ0n) is 18.9. The molecule has 168 valence electrons. The van der Waals surface area contributed by atoms with Gasteiger partial charge >= 0.3 is 0 Å². The summed E-state index contributed by atoms with van der Waals surface area (Å²) in [5.74, 6) is 0. The normalized spacial score (nSPS) is 13.0. The van der Waals surface area contributed by atoms with E-state index in [-0.39, 0.29) is 0 Å². The molecular formula is C29H28ClNO2. The number of aromatic nitrogens is 1. The third-order valence-electron chi connectivity index (χ3n) is 5.83. The van der Waals surface area contributed by atoms with Gasteiger partial charge in [0.05, 0.1) is 22.9 Å². The van der Waals surface area contributed by atoms with E-state index < -0.39 is 11.7 Å². The molecule has 0 aliphatic heterocycles. The molecule has 0 aliphatic carbocycles. The van der Waals surface area contributed by atoms with Crippen LogP contribution in [0.1, 0.15) is 54.3 Å². The molecule has 0 fully saturated rings. The van der Waals surface area contributed by atoms with Crippen molar-refractivity contribution in [1.82, 2.24) is 4.98 Å². The monoisotopic (exact) mass is 457 g/mol. The number of halogens is 1. The standard InChI is InChI=1S/C29H28ClNO2/c1-29(2,33)26-10-6-4-8-21(26)14-18-28(32)25-9-5-3-7-20(25)12-16-24-17-13-22-11-15-23(30)19-27(22)31-24/h3-13,15-17,19,28,32-33H,14,18H2,1-2H3/b16-12-/t28-/m1/s1. The van der Waals surface area contributed by atoms with Crippen LogP contribution in [0.15, 0.2) is 78.9 Å². The highest BCUT2D eigenvalue weighted by Crippen LogP contribution is 2.28. The number of aliphatic hydroxyl groups is 2. The molecule has 0 saturated heterocycles. The van der Waals surface area contributed by atoms with Gasteiger partial charge in [0.25, 0.3) is 0 Å². The van der Waals surface area contributed by atoms with E-state index in [0.717, 1.165) is 38.9 Å². The highest BCUT2D eigenvalue weighted by atomic mass is 35.5. The van der Waals surface area contributed by atoms with E-state index in [1.807, 2.05) is 91.0 Å². The summed E-state index contributed by atoms with van der Waals surface area (Å²) in [5.41, 5.74) is 4.53. The molecule has 4 rings (SSSR count). The van der Waals surface area contributed by atoms with Gasteiger partial charge in [-0.3, -0.25) is 0 Å². The fourth-order valence-corrected chi connectivity index (χ4v) is 4.29. The minimum absolute atomic E-state index is 0.560. The molecule has 0 amide bonds. The first-order valence-electron chi connectivity index (χ1n) is 11.1. The molecule has 0 bridgehead atoms. The van der Waals surface area contributed by atoms with Crippen LogP contribution in [-0.2, 0) is 12.0 Å². The molecule has 0 radical (unpaired) electrons. The van der Waals surface area contributed by atoms with Crippen LogP contribution in [0.25, 0.3) is 23.1 Å². The van der Waals surface area contributed by atoms with Crippen LogP contribution in [0.2, 0.25) is 5.02 Å². The number of benzene rings is 3. The zero-order valence-corrected chi connectivity index (χ0v) is 19.6. The first kappa shape index (κ1) is 23.2. The number of pyridine rings is 1. The summed E-state index contributed by atoms with van der Waals surface area (Å²) >= 11 is 6.11. The molecule has 33 heavy (non-hydrogen) atoms. The van der Waals surface area contributed by atoms with Crippen molar-refractivity contribution in [2.75, 3.05) is 0 Å². The van der Waals surface area contributed by atoms with Crippen LogP contribution in [0.4, 0.5) is 0 Å². The number of aliphatic hydroxyl groups excluding tert-OH is 1. The predicted octanol–water partition coefficient (Wildman–Crippen LogP) is 6.95. The minimum atomic E-state index is -0.917.